The van der Waals surface area contributed by atoms with Crippen LogP contribution in [0.25, 0.3) is 11.1 Å². The predicted molar refractivity (Wildman–Crippen MR) is 79.4 cm³/mol. The molecular formula is C14H13Cl2N3O. The highest BCUT2D eigenvalue weighted by Gasteiger charge is 2.17. The molecule has 3 rings (SSSR count). The van der Waals surface area contributed by atoms with Crippen molar-refractivity contribution in [3.63, 3.8) is 0 Å². The number of halogens is 2. The Kier molecular flexibility index (Phi) is 4.05. The third-order valence-electron chi connectivity index (χ3n) is 3.23. The fourth-order valence-electron chi connectivity index (χ4n) is 1.93. The molecule has 20 heavy (non-hydrogen) atoms. The Labute approximate surface area is 127 Å². The lowest BCUT2D eigenvalue weighted by atomic mass is 10.1. The first-order valence-electron chi connectivity index (χ1n) is 6.36. The second kappa shape index (κ2) is 5.95. The summed E-state index contributed by atoms with van der Waals surface area (Å²) in [6, 6.07) is 5.89. The van der Waals surface area contributed by atoms with Crippen LogP contribution in [-0.2, 0) is 0 Å². The molecule has 0 radical (unpaired) electrons. The van der Waals surface area contributed by atoms with Gasteiger partial charge in [0.2, 0.25) is 0 Å². The minimum Gasteiger partial charge on any atom is -0.490 e. The molecule has 1 aliphatic rings. The van der Waals surface area contributed by atoms with Crippen LogP contribution < -0.4 is 10.1 Å². The van der Waals surface area contributed by atoms with Crippen molar-refractivity contribution in [1.29, 1.82) is 0 Å². The van der Waals surface area contributed by atoms with E-state index in [2.05, 4.69) is 15.3 Å². The molecule has 0 spiro atoms. The maximum absolute atomic E-state index is 6.13. The number of pyridine rings is 2. The van der Waals surface area contributed by atoms with Gasteiger partial charge in [-0.1, -0.05) is 23.2 Å². The van der Waals surface area contributed by atoms with Gasteiger partial charge in [0, 0.05) is 23.4 Å². The van der Waals surface area contributed by atoms with Gasteiger partial charge in [0.05, 0.1) is 6.20 Å². The van der Waals surface area contributed by atoms with Gasteiger partial charge in [-0.3, -0.25) is 0 Å². The van der Waals surface area contributed by atoms with Crippen molar-refractivity contribution in [2.45, 2.75) is 12.5 Å². The molecule has 104 valence electrons. The molecule has 4 nitrogen and oxygen atoms in total. The smallest absolute Gasteiger partial charge is 0.138 e. The summed E-state index contributed by atoms with van der Waals surface area (Å²) in [4.78, 5) is 8.21. The first-order valence-corrected chi connectivity index (χ1v) is 7.11. The third kappa shape index (κ3) is 3.03. The van der Waals surface area contributed by atoms with Gasteiger partial charge in [-0.2, -0.15) is 0 Å². The van der Waals surface area contributed by atoms with E-state index < -0.39 is 0 Å². The molecule has 6 heteroatoms. The molecule has 1 aliphatic heterocycles. The van der Waals surface area contributed by atoms with Crippen LogP contribution in [0.5, 0.6) is 5.75 Å². The number of aromatic nitrogens is 2. The average molecular weight is 310 g/mol. The molecule has 0 saturated carbocycles. The van der Waals surface area contributed by atoms with Crippen molar-refractivity contribution >= 4 is 23.2 Å². The van der Waals surface area contributed by atoms with Crippen molar-refractivity contribution < 1.29 is 4.74 Å². The number of ether oxygens (including phenoxy) is 1. The first-order chi connectivity index (χ1) is 9.72. The standard InChI is InChI=1S/C14H13Cl2N3O/c15-13-2-1-9(6-18-13)12-5-11(7-19-14(12)16)20-8-10-3-4-17-10/h1-2,5-7,10,17H,3-4,8H2/t10-/m0/s1. The summed E-state index contributed by atoms with van der Waals surface area (Å²) >= 11 is 11.9. The summed E-state index contributed by atoms with van der Waals surface area (Å²) in [6.07, 6.45) is 4.45. The maximum atomic E-state index is 6.13. The Morgan fingerprint density at radius 1 is 1.25 bits per heavy atom. The Bertz CT molecular complexity index is 600. The van der Waals surface area contributed by atoms with Crippen LogP contribution in [-0.4, -0.2) is 29.2 Å². The van der Waals surface area contributed by atoms with E-state index in [-0.39, 0.29) is 0 Å². The summed E-state index contributed by atoms with van der Waals surface area (Å²) in [5.41, 5.74) is 1.65. The largest absolute Gasteiger partial charge is 0.490 e. The molecule has 0 amide bonds. The summed E-state index contributed by atoms with van der Waals surface area (Å²) in [5, 5.41) is 4.15. The van der Waals surface area contributed by atoms with Crippen LogP contribution in [0, 0.1) is 0 Å². The van der Waals surface area contributed by atoms with Crippen LogP contribution in [0.15, 0.2) is 30.6 Å². The van der Waals surface area contributed by atoms with E-state index in [1.54, 1.807) is 18.5 Å². The van der Waals surface area contributed by atoms with Crippen molar-refractivity contribution in [2.24, 2.45) is 0 Å². The molecule has 0 aromatic carbocycles. The van der Waals surface area contributed by atoms with Crippen LogP contribution in [0.1, 0.15) is 6.42 Å². The van der Waals surface area contributed by atoms with Crippen molar-refractivity contribution in [3.05, 3.63) is 40.9 Å². The lowest BCUT2D eigenvalue weighted by Gasteiger charge is -2.27. The zero-order valence-electron chi connectivity index (χ0n) is 10.6. The molecule has 0 bridgehead atoms. The molecule has 1 saturated heterocycles. The summed E-state index contributed by atoms with van der Waals surface area (Å²) in [7, 11) is 0. The molecule has 0 unspecified atom stereocenters. The average Bonchev–Trinajstić information content (AvgIpc) is 2.40. The quantitative estimate of drug-likeness (QED) is 0.881. The molecular weight excluding hydrogens is 297 g/mol. The number of nitrogens with zero attached hydrogens (tertiary/aromatic N) is 2. The Balaban J connectivity index is 1.80. The van der Waals surface area contributed by atoms with Crippen LogP contribution >= 0.6 is 23.2 Å². The fourth-order valence-corrected chi connectivity index (χ4v) is 2.26. The highest BCUT2D eigenvalue weighted by atomic mass is 35.5. The summed E-state index contributed by atoms with van der Waals surface area (Å²) in [6.45, 7) is 1.70. The van der Waals surface area contributed by atoms with E-state index in [1.807, 2.05) is 12.1 Å². The van der Waals surface area contributed by atoms with Crippen LogP contribution in [0.3, 0.4) is 0 Å². The zero-order valence-corrected chi connectivity index (χ0v) is 12.2. The molecule has 2 aromatic rings. The molecule has 3 heterocycles. The second-order valence-corrected chi connectivity index (χ2v) is 5.37. The third-order valence-corrected chi connectivity index (χ3v) is 3.75. The predicted octanol–water partition coefficient (Wildman–Crippen LogP) is 3.19. The highest BCUT2D eigenvalue weighted by Crippen LogP contribution is 2.29. The fraction of sp³-hybridized carbons (Fsp3) is 0.286. The van der Waals surface area contributed by atoms with E-state index in [4.69, 9.17) is 27.9 Å². The lowest BCUT2D eigenvalue weighted by molar-refractivity contribution is 0.217. The number of nitrogens with one attached hydrogen (secondary N) is 1. The van der Waals surface area contributed by atoms with Gasteiger partial charge in [0.1, 0.15) is 22.7 Å². The van der Waals surface area contributed by atoms with E-state index in [9.17, 15) is 0 Å². The minimum atomic E-state index is 0.420. The summed E-state index contributed by atoms with van der Waals surface area (Å²) in [5.74, 6) is 0.702. The first kappa shape index (κ1) is 13.6. The Morgan fingerprint density at radius 3 is 2.75 bits per heavy atom. The van der Waals surface area contributed by atoms with Gasteiger partial charge < -0.3 is 10.1 Å². The van der Waals surface area contributed by atoms with E-state index in [0.29, 0.717) is 28.7 Å². The number of hydrogen-bond acceptors (Lipinski definition) is 4. The van der Waals surface area contributed by atoms with Gasteiger partial charge in [-0.25, -0.2) is 9.97 Å². The van der Waals surface area contributed by atoms with E-state index in [1.165, 1.54) is 0 Å². The second-order valence-electron chi connectivity index (χ2n) is 4.63. The van der Waals surface area contributed by atoms with E-state index >= 15 is 0 Å². The van der Waals surface area contributed by atoms with Gasteiger partial charge >= 0.3 is 0 Å². The van der Waals surface area contributed by atoms with Crippen molar-refractivity contribution in [1.82, 2.24) is 15.3 Å². The minimum absolute atomic E-state index is 0.420. The normalized spacial score (nSPS) is 17.6. The SMILES string of the molecule is Clc1ccc(-c2cc(OC[C@@H]3CCN3)cnc2Cl)cn1. The highest BCUT2D eigenvalue weighted by molar-refractivity contribution is 6.32. The topological polar surface area (TPSA) is 47.0 Å². The summed E-state index contributed by atoms with van der Waals surface area (Å²) < 4.78 is 5.72. The van der Waals surface area contributed by atoms with Crippen molar-refractivity contribution in [2.75, 3.05) is 13.2 Å². The zero-order chi connectivity index (χ0) is 13.9. The van der Waals surface area contributed by atoms with Gasteiger partial charge in [0.15, 0.2) is 0 Å². The molecule has 1 N–H and O–H groups in total. The molecule has 1 fully saturated rings. The van der Waals surface area contributed by atoms with Gasteiger partial charge in [-0.05, 0) is 31.2 Å². The van der Waals surface area contributed by atoms with E-state index in [0.717, 1.165) is 24.1 Å². The van der Waals surface area contributed by atoms with Crippen LogP contribution in [0.2, 0.25) is 10.3 Å². The monoisotopic (exact) mass is 309 g/mol. The lowest BCUT2D eigenvalue weighted by Crippen LogP contribution is -2.46. The number of hydrogen-bond donors (Lipinski definition) is 1. The number of rotatable bonds is 4. The van der Waals surface area contributed by atoms with Gasteiger partial charge in [0.25, 0.3) is 0 Å². The van der Waals surface area contributed by atoms with Crippen molar-refractivity contribution in [3.8, 4) is 16.9 Å². The maximum Gasteiger partial charge on any atom is 0.138 e. The van der Waals surface area contributed by atoms with Gasteiger partial charge in [-0.15, -0.1) is 0 Å². The molecule has 1 atom stereocenters. The Hall–Kier alpha value is -1.36. The van der Waals surface area contributed by atoms with Crippen LogP contribution in [0.4, 0.5) is 0 Å². The Morgan fingerprint density at radius 2 is 2.10 bits per heavy atom. The molecule has 0 aliphatic carbocycles. The molecule has 2 aromatic heterocycles.